The number of nitrogens with one attached hydrogen (secondary N) is 2. The third-order valence-corrected chi connectivity index (χ3v) is 4.29. The van der Waals surface area contributed by atoms with Gasteiger partial charge in [-0.05, 0) is 51.2 Å². The van der Waals surface area contributed by atoms with Crippen LogP contribution in [0.3, 0.4) is 0 Å². The molecule has 0 aliphatic heterocycles. The summed E-state index contributed by atoms with van der Waals surface area (Å²) in [5, 5.41) is 15.8. The van der Waals surface area contributed by atoms with E-state index in [1.165, 1.54) is 25.7 Å². The van der Waals surface area contributed by atoms with Crippen LogP contribution in [0.5, 0.6) is 0 Å². The predicted molar refractivity (Wildman–Crippen MR) is 101 cm³/mol. The molecule has 1 aromatic carbocycles. The number of aromatic nitrogens is 2. The Hall–Kier alpha value is -2.87. The monoisotopic (exact) mass is 333 g/mol. The Morgan fingerprint density at radius 2 is 2.00 bits per heavy atom. The molecule has 0 saturated heterocycles. The van der Waals surface area contributed by atoms with Crippen molar-refractivity contribution in [1.29, 1.82) is 5.26 Å². The van der Waals surface area contributed by atoms with Crippen LogP contribution in [0.4, 0.5) is 17.3 Å². The lowest BCUT2D eigenvalue weighted by atomic mass is 9.97. The highest BCUT2D eigenvalue weighted by atomic mass is 15.1. The van der Waals surface area contributed by atoms with Gasteiger partial charge in [0.25, 0.3) is 0 Å². The van der Waals surface area contributed by atoms with E-state index in [4.69, 9.17) is 0 Å². The molecule has 25 heavy (non-hydrogen) atoms. The number of anilines is 3. The van der Waals surface area contributed by atoms with Crippen LogP contribution in [-0.2, 0) is 0 Å². The van der Waals surface area contributed by atoms with Gasteiger partial charge in [-0.1, -0.05) is 23.8 Å². The second kappa shape index (κ2) is 8.29. The van der Waals surface area contributed by atoms with Crippen LogP contribution in [0, 0.1) is 18.3 Å². The van der Waals surface area contributed by atoms with Crippen molar-refractivity contribution in [3.63, 3.8) is 0 Å². The van der Waals surface area contributed by atoms with Gasteiger partial charge < -0.3 is 10.6 Å². The van der Waals surface area contributed by atoms with E-state index in [1.807, 2.05) is 31.2 Å². The maximum absolute atomic E-state index is 9.21. The first-order valence-electron chi connectivity index (χ1n) is 8.78. The zero-order chi connectivity index (χ0) is 17.5. The molecule has 1 aromatic heterocycles. The average molecular weight is 333 g/mol. The first kappa shape index (κ1) is 17.0. The Balaban J connectivity index is 1.66. The van der Waals surface area contributed by atoms with Gasteiger partial charge in [-0.2, -0.15) is 5.26 Å². The number of para-hydroxylation sites is 1. The fourth-order valence-corrected chi connectivity index (χ4v) is 3.03. The third-order valence-electron chi connectivity index (χ3n) is 4.29. The lowest BCUT2D eigenvalue weighted by molar-refractivity contribution is 0.679. The van der Waals surface area contributed by atoms with E-state index in [2.05, 4.69) is 32.7 Å². The summed E-state index contributed by atoms with van der Waals surface area (Å²) >= 11 is 0. The maximum atomic E-state index is 9.21. The van der Waals surface area contributed by atoms with Gasteiger partial charge in [0.2, 0.25) is 0 Å². The summed E-state index contributed by atoms with van der Waals surface area (Å²) in [4.78, 5) is 8.87. The summed E-state index contributed by atoms with van der Waals surface area (Å²) in [6.45, 7) is 2.74. The normalized spacial score (nSPS) is 13.7. The van der Waals surface area contributed by atoms with Gasteiger partial charge >= 0.3 is 0 Å². The number of hydrogen-bond acceptors (Lipinski definition) is 5. The molecule has 0 bridgehead atoms. The molecule has 0 spiro atoms. The fraction of sp³-hybridized carbons (Fsp3) is 0.350. The molecule has 2 aromatic rings. The topological polar surface area (TPSA) is 73.6 Å². The van der Waals surface area contributed by atoms with Crippen LogP contribution < -0.4 is 10.6 Å². The standard InChI is InChI=1S/C20H23N5/c1-15-23-19(22-12-11-16-7-3-2-4-8-16)13-20(24-15)25-18-10-6-5-9-17(18)14-21/h5-7,9-10,13H,2-4,8,11-12H2,1H3,(H2,22,23,24,25). The highest BCUT2D eigenvalue weighted by Gasteiger charge is 2.07. The third kappa shape index (κ3) is 4.80. The molecular weight excluding hydrogens is 310 g/mol. The molecule has 1 heterocycles. The molecule has 1 aliphatic carbocycles. The number of benzene rings is 1. The zero-order valence-electron chi connectivity index (χ0n) is 14.5. The molecule has 0 atom stereocenters. The molecule has 2 N–H and O–H groups in total. The molecule has 0 amide bonds. The van der Waals surface area contributed by atoms with Crippen molar-refractivity contribution < 1.29 is 0 Å². The fourth-order valence-electron chi connectivity index (χ4n) is 3.03. The van der Waals surface area contributed by atoms with Crippen molar-refractivity contribution in [3.8, 4) is 6.07 Å². The number of hydrogen-bond donors (Lipinski definition) is 2. The Morgan fingerprint density at radius 1 is 1.16 bits per heavy atom. The number of rotatable bonds is 6. The molecule has 128 valence electrons. The highest BCUT2D eigenvalue weighted by molar-refractivity contribution is 5.65. The van der Waals surface area contributed by atoms with Crippen molar-refractivity contribution >= 4 is 17.3 Å². The van der Waals surface area contributed by atoms with Crippen molar-refractivity contribution in [1.82, 2.24) is 9.97 Å². The van der Waals surface area contributed by atoms with E-state index >= 15 is 0 Å². The summed E-state index contributed by atoms with van der Waals surface area (Å²) in [6.07, 6.45) is 8.51. The van der Waals surface area contributed by atoms with E-state index in [-0.39, 0.29) is 0 Å². The highest BCUT2D eigenvalue weighted by Crippen LogP contribution is 2.22. The van der Waals surface area contributed by atoms with Gasteiger partial charge in [-0.25, -0.2) is 9.97 Å². The van der Waals surface area contributed by atoms with Gasteiger partial charge in [0.05, 0.1) is 11.3 Å². The Labute approximate surface area is 148 Å². The predicted octanol–water partition coefficient (Wildman–Crippen LogP) is 4.70. The molecule has 5 heteroatoms. The van der Waals surface area contributed by atoms with Crippen molar-refractivity contribution in [2.45, 2.75) is 39.0 Å². The summed E-state index contributed by atoms with van der Waals surface area (Å²) in [7, 11) is 0. The number of aryl methyl sites for hydroxylation is 1. The van der Waals surface area contributed by atoms with E-state index in [0.717, 1.165) is 24.5 Å². The van der Waals surface area contributed by atoms with Crippen LogP contribution in [0.1, 0.15) is 43.5 Å². The smallest absolute Gasteiger partial charge is 0.136 e. The van der Waals surface area contributed by atoms with Gasteiger partial charge in [0, 0.05) is 12.6 Å². The molecule has 5 nitrogen and oxygen atoms in total. The molecule has 0 unspecified atom stereocenters. The quantitative estimate of drug-likeness (QED) is 0.749. The molecule has 0 fully saturated rings. The summed E-state index contributed by atoms with van der Waals surface area (Å²) < 4.78 is 0. The minimum absolute atomic E-state index is 0.595. The van der Waals surface area contributed by atoms with Gasteiger partial charge in [0.1, 0.15) is 23.5 Å². The van der Waals surface area contributed by atoms with E-state index in [0.29, 0.717) is 17.2 Å². The molecule has 3 rings (SSSR count). The lowest BCUT2D eigenvalue weighted by Gasteiger charge is -2.14. The zero-order valence-corrected chi connectivity index (χ0v) is 14.5. The average Bonchev–Trinajstić information content (AvgIpc) is 2.63. The first-order chi connectivity index (χ1) is 12.2. The molecule has 0 radical (unpaired) electrons. The minimum Gasteiger partial charge on any atom is -0.370 e. The van der Waals surface area contributed by atoms with Crippen LogP contribution in [-0.4, -0.2) is 16.5 Å². The van der Waals surface area contributed by atoms with E-state index in [9.17, 15) is 5.26 Å². The lowest BCUT2D eigenvalue weighted by Crippen LogP contribution is -2.08. The second-order valence-corrected chi connectivity index (χ2v) is 6.25. The largest absolute Gasteiger partial charge is 0.370 e. The van der Waals surface area contributed by atoms with Crippen LogP contribution in [0.15, 0.2) is 42.0 Å². The number of nitrogens with zero attached hydrogens (tertiary/aromatic N) is 3. The Morgan fingerprint density at radius 3 is 2.80 bits per heavy atom. The number of nitriles is 1. The SMILES string of the molecule is Cc1nc(NCCC2=CCCCC2)cc(Nc2ccccc2C#N)n1. The van der Waals surface area contributed by atoms with Crippen molar-refractivity contribution in [2.75, 3.05) is 17.2 Å². The summed E-state index contributed by atoms with van der Waals surface area (Å²) in [6, 6.07) is 11.5. The van der Waals surface area contributed by atoms with Crippen molar-refractivity contribution in [2.24, 2.45) is 0 Å². The Bertz CT molecular complexity index is 804. The van der Waals surface area contributed by atoms with E-state index < -0.39 is 0 Å². The molecular formula is C20H23N5. The summed E-state index contributed by atoms with van der Waals surface area (Å²) in [5.41, 5.74) is 2.89. The molecule has 0 saturated carbocycles. The number of allylic oxidation sites excluding steroid dienone is 1. The van der Waals surface area contributed by atoms with Crippen LogP contribution in [0.2, 0.25) is 0 Å². The van der Waals surface area contributed by atoms with E-state index in [1.54, 1.807) is 11.6 Å². The van der Waals surface area contributed by atoms with Crippen LogP contribution >= 0.6 is 0 Å². The first-order valence-corrected chi connectivity index (χ1v) is 8.78. The van der Waals surface area contributed by atoms with Gasteiger partial charge in [-0.15, -0.1) is 0 Å². The minimum atomic E-state index is 0.595. The van der Waals surface area contributed by atoms with Gasteiger partial charge in [-0.3, -0.25) is 0 Å². The van der Waals surface area contributed by atoms with Gasteiger partial charge in [0.15, 0.2) is 0 Å². The van der Waals surface area contributed by atoms with Crippen LogP contribution in [0.25, 0.3) is 0 Å². The maximum Gasteiger partial charge on any atom is 0.136 e. The Kier molecular flexibility index (Phi) is 5.63. The van der Waals surface area contributed by atoms with Crippen molar-refractivity contribution in [3.05, 3.63) is 53.4 Å². The molecule has 1 aliphatic rings. The summed E-state index contributed by atoms with van der Waals surface area (Å²) in [5.74, 6) is 2.19. The second-order valence-electron chi connectivity index (χ2n) is 6.25.